The van der Waals surface area contributed by atoms with E-state index in [1.54, 1.807) is 4.68 Å². The van der Waals surface area contributed by atoms with Crippen molar-refractivity contribution >= 4 is 23.0 Å². The number of azo groups is 1. The van der Waals surface area contributed by atoms with Gasteiger partial charge in [-0.2, -0.15) is 5.11 Å². The molecule has 5 rings (SSSR count). The molecule has 1 aromatic heterocycles. The number of aromatic amines is 1. The Kier molecular flexibility index (Phi) is 4.43. The Balaban J connectivity index is 1.61. The molecule has 0 saturated carbocycles. The molecule has 2 aliphatic rings. The highest BCUT2D eigenvalue weighted by Gasteiger charge is 2.35. The van der Waals surface area contributed by atoms with Gasteiger partial charge in [0.2, 0.25) is 0 Å². The van der Waals surface area contributed by atoms with E-state index in [-0.39, 0.29) is 23.1 Å². The van der Waals surface area contributed by atoms with Crippen molar-refractivity contribution in [2.75, 3.05) is 5.32 Å². The minimum absolute atomic E-state index is 0.216. The number of benzene rings is 2. The van der Waals surface area contributed by atoms with Gasteiger partial charge in [-0.15, -0.1) is 5.11 Å². The Labute approximate surface area is 173 Å². The second-order valence-corrected chi connectivity index (χ2v) is 7.70. The number of fused-ring (bicyclic) bond motifs is 1. The molecule has 7 heteroatoms. The number of carbonyl (C=O) groups is 1. The van der Waals surface area contributed by atoms with Gasteiger partial charge in [0.15, 0.2) is 11.5 Å². The minimum Gasteiger partial charge on any atom is -0.342 e. The number of aromatic nitrogens is 2. The van der Waals surface area contributed by atoms with Crippen molar-refractivity contribution in [1.82, 2.24) is 9.78 Å². The molecule has 2 N–H and O–H groups in total. The summed E-state index contributed by atoms with van der Waals surface area (Å²) in [4.78, 5) is 25.0. The van der Waals surface area contributed by atoms with E-state index in [0.717, 1.165) is 22.4 Å². The summed E-state index contributed by atoms with van der Waals surface area (Å²) in [5, 5.41) is 14.8. The molecule has 1 aliphatic heterocycles. The van der Waals surface area contributed by atoms with Crippen LogP contribution in [-0.2, 0) is 4.79 Å². The normalized spacial score (nSPS) is 18.3. The van der Waals surface area contributed by atoms with Crippen LogP contribution in [0.4, 0.5) is 17.2 Å². The van der Waals surface area contributed by atoms with Crippen molar-refractivity contribution in [3.8, 4) is 0 Å². The van der Waals surface area contributed by atoms with Gasteiger partial charge in [-0.25, -0.2) is 0 Å². The number of nitrogens with zero attached hydrogens (tertiary/aromatic N) is 3. The Morgan fingerprint density at radius 1 is 0.967 bits per heavy atom. The summed E-state index contributed by atoms with van der Waals surface area (Å²) in [5.41, 5.74) is 4.73. The van der Waals surface area contributed by atoms with Crippen molar-refractivity contribution in [1.29, 1.82) is 0 Å². The van der Waals surface area contributed by atoms with E-state index in [9.17, 15) is 9.59 Å². The third-order valence-corrected chi connectivity index (χ3v) is 5.60. The van der Waals surface area contributed by atoms with E-state index in [1.807, 2.05) is 61.5 Å². The predicted octanol–water partition coefficient (Wildman–Crippen LogP) is 4.92. The van der Waals surface area contributed by atoms with Crippen molar-refractivity contribution < 1.29 is 4.79 Å². The highest BCUT2D eigenvalue weighted by atomic mass is 16.1. The number of hydrogen-bond acceptors (Lipinski definition) is 5. The summed E-state index contributed by atoms with van der Waals surface area (Å²) in [7, 11) is 0. The molecule has 7 nitrogen and oxygen atoms in total. The second-order valence-electron chi connectivity index (χ2n) is 7.70. The number of ketones is 1. The standard InChI is InChI=1S/C23H21N5O2/c1-14-7-9-16(10-8-14)25-26-20-22-24-19-12-11-17(29)13-18(19)21(28(22)27-23(20)30)15-5-3-2-4-6-15/h2-10,21,24H,11-13H2,1H3,(H,27,30). The van der Waals surface area contributed by atoms with Crippen molar-refractivity contribution in [3.05, 3.63) is 87.3 Å². The number of H-pyrrole nitrogens is 1. The molecule has 150 valence electrons. The van der Waals surface area contributed by atoms with Crippen LogP contribution in [0.2, 0.25) is 0 Å². The monoisotopic (exact) mass is 399 g/mol. The van der Waals surface area contributed by atoms with Gasteiger partial charge in [0, 0.05) is 18.5 Å². The second kappa shape index (κ2) is 7.26. The maximum atomic E-state index is 12.8. The molecule has 0 bridgehead atoms. The minimum atomic E-state index is -0.319. The van der Waals surface area contributed by atoms with Crippen LogP contribution < -0.4 is 10.9 Å². The van der Waals surface area contributed by atoms with E-state index in [0.29, 0.717) is 30.8 Å². The first-order valence-electron chi connectivity index (χ1n) is 9.98. The van der Waals surface area contributed by atoms with Gasteiger partial charge < -0.3 is 5.32 Å². The first-order valence-corrected chi connectivity index (χ1v) is 9.98. The predicted molar refractivity (Wildman–Crippen MR) is 114 cm³/mol. The van der Waals surface area contributed by atoms with E-state index in [1.165, 1.54) is 0 Å². The first kappa shape index (κ1) is 18.3. The summed E-state index contributed by atoms with van der Waals surface area (Å²) in [5.74, 6) is 0.798. The fourth-order valence-corrected chi connectivity index (χ4v) is 4.09. The topological polar surface area (TPSA) is 91.6 Å². The van der Waals surface area contributed by atoms with Crippen LogP contribution in [0.15, 0.2) is 80.9 Å². The summed E-state index contributed by atoms with van der Waals surface area (Å²) in [6.07, 6.45) is 1.51. The fourth-order valence-electron chi connectivity index (χ4n) is 4.09. The lowest BCUT2D eigenvalue weighted by atomic mass is 9.86. The number of carbonyl (C=O) groups excluding carboxylic acids is 1. The van der Waals surface area contributed by atoms with Gasteiger partial charge in [0.1, 0.15) is 11.8 Å². The summed E-state index contributed by atoms with van der Waals surface area (Å²) in [6, 6.07) is 17.3. The molecule has 2 heterocycles. The Hall–Kier alpha value is -3.74. The van der Waals surface area contributed by atoms with Crippen molar-refractivity contribution in [3.63, 3.8) is 0 Å². The number of hydrogen-bond donors (Lipinski definition) is 2. The highest BCUT2D eigenvalue weighted by molar-refractivity contribution is 5.84. The molecule has 0 saturated heterocycles. The molecule has 0 spiro atoms. The molecule has 0 amide bonds. The van der Waals surface area contributed by atoms with Gasteiger partial charge >= 0.3 is 0 Å². The average molecular weight is 399 g/mol. The van der Waals surface area contributed by atoms with Gasteiger partial charge in [-0.3, -0.25) is 19.4 Å². The van der Waals surface area contributed by atoms with Gasteiger partial charge in [0.05, 0.1) is 5.69 Å². The molecule has 1 aliphatic carbocycles. The Bertz CT molecular complexity index is 1230. The Morgan fingerprint density at radius 3 is 2.50 bits per heavy atom. The van der Waals surface area contributed by atoms with Gasteiger partial charge in [-0.05, 0) is 36.6 Å². The molecule has 3 aromatic rings. The molecule has 0 fully saturated rings. The molecule has 0 radical (unpaired) electrons. The maximum absolute atomic E-state index is 12.8. The van der Waals surface area contributed by atoms with Crippen LogP contribution in [0.3, 0.4) is 0 Å². The molecular weight excluding hydrogens is 378 g/mol. The zero-order chi connectivity index (χ0) is 20.7. The van der Waals surface area contributed by atoms with Crippen LogP contribution in [0, 0.1) is 6.92 Å². The molecule has 1 unspecified atom stereocenters. The SMILES string of the molecule is Cc1ccc(N=Nc2c3n([nH]c2=O)C(c2ccccc2)C2=C(CCC(=O)C2)N3)cc1. The van der Waals surface area contributed by atoms with E-state index >= 15 is 0 Å². The largest absolute Gasteiger partial charge is 0.342 e. The summed E-state index contributed by atoms with van der Waals surface area (Å²) < 4.78 is 1.78. The first-order chi connectivity index (χ1) is 14.6. The highest BCUT2D eigenvalue weighted by Crippen LogP contribution is 2.43. The fraction of sp³-hybridized carbons (Fsp3) is 0.217. The van der Waals surface area contributed by atoms with E-state index in [4.69, 9.17) is 0 Å². The smallest absolute Gasteiger partial charge is 0.294 e. The van der Waals surface area contributed by atoms with Crippen molar-refractivity contribution in [2.45, 2.75) is 32.2 Å². The lowest BCUT2D eigenvalue weighted by molar-refractivity contribution is -0.118. The van der Waals surface area contributed by atoms with E-state index < -0.39 is 0 Å². The number of aryl methyl sites for hydroxylation is 1. The zero-order valence-corrected chi connectivity index (χ0v) is 16.6. The Morgan fingerprint density at radius 2 is 1.73 bits per heavy atom. The van der Waals surface area contributed by atoms with E-state index in [2.05, 4.69) is 20.6 Å². The van der Waals surface area contributed by atoms with Crippen molar-refractivity contribution in [2.24, 2.45) is 10.2 Å². The maximum Gasteiger partial charge on any atom is 0.294 e. The van der Waals surface area contributed by atoms with Gasteiger partial charge in [-0.1, -0.05) is 48.0 Å². The number of nitrogens with one attached hydrogen (secondary N) is 2. The van der Waals surface area contributed by atoms with Crippen LogP contribution >= 0.6 is 0 Å². The van der Waals surface area contributed by atoms with Crippen LogP contribution in [0.5, 0.6) is 0 Å². The number of allylic oxidation sites excluding steroid dienone is 2. The van der Waals surface area contributed by atoms with Crippen LogP contribution in [-0.4, -0.2) is 15.6 Å². The summed E-state index contributed by atoms with van der Waals surface area (Å²) >= 11 is 0. The number of Topliss-reactive ketones (excluding diaryl/α,β-unsaturated/α-hetero) is 1. The molecule has 30 heavy (non-hydrogen) atoms. The molecule has 2 aromatic carbocycles. The molecule has 1 atom stereocenters. The lowest BCUT2D eigenvalue weighted by Crippen LogP contribution is -2.29. The zero-order valence-electron chi connectivity index (χ0n) is 16.6. The summed E-state index contributed by atoms with van der Waals surface area (Å²) in [6.45, 7) is 2.00. The van der Waals surface area contributed by atoms with Crippen LogP contribution in [0.1, 0.15) is 36.4 Å². The quantitative estimate of drug-likeness (QED) is 0.612. The third-order valence-electron chi connectivity index (χ3n) is 5.60. The third kappa shape index (κ3) is 3.18. The molecular formula is C23H21N5O2. The number of anilines is 1. The lowest BCUT2D eigenvalue weighted by Gasteiger charge is -2.34. The van der Waals surface area contributed by atoms with Crippen LogP contribution in [0.25, 0.3) is 0 Å². The average Bonchev–Trinajstić information content (AvgIpc) is 3.07. The number of rotatable bonds is 3. The van der Waals surface area contributed by atoms with Gasteiger partial charge in [0.25, 0.3) is 5.56 Å².